The number of methoxy groups -OCH3 is 2. The number of allylic oxidation sites excluding steroid dienone is 1. The molecule has 1 aliphatic carbocycles. The van der Waals surface area contributed by atoms with Gasteiger partial charge in [0.1, 0.15) is 23.1 Å². The van der Waals surface area contributed by atoms with Crippen molar-refractivity contribution in [2.24, 2.45) is 16.3 Å². The molecule has 2 rings (SSSR count). The normalized spacial score (nSPS) is 20.5. The molecule has 1 aromatic carbocycles. The number of para-hydroxylation sites is 2. The molecule has 0 spiro atoms. The Morgan fingerprint density at radius 2 is 1.93 bits per heavy atom. The maximum absolute atomic E-state index is 12.7. The van der Waals surface area contributed by atoms with Crippen molar-refractivity contribution < 1.29 is 24.2 Å². The second kappa shape index (κ2) is 8.37. The molecule has 0 saturated heterocycles. The fourth-order valence-corrected chi connectivity index (χ4v) is 3.45. The van der Waals surface area contributed by atoms with Crippen molar-refractivity contribution in [1.29, 1.82) is 0 Å². The van der Waals surface area contributed by atoms with Crippen molar-refractivity contribution in [3.8, 4) is 5.75 Å². The summed E-state index contributed by atoms with van der Waals surface area (Å²) in [5.41, 5.74) is 0.489. The lowest BCUT2D eigenvalue weighted by atomic mass is 9.67. The molecule has 0 bridgehead atoms. The van der Waals surface area contributed by atoms with Gasteiger partial charge < -0.3 is 14.6 Å². The molecule has 1 aliphatic rings. The van der Waals surface area contributed by atoms with Gasteiger partial charge in [-0.05, 0) is 30.4 Å². The first-order valence-corrected chi connectivity index (χ1v) is 9.01. The summed E-state index contributed by atoms with van der Waals surface area (Å²) in [7, 11) is 2.82. The van der Waals surface area contributed by atoms with Crippen molar-refractivity contribution in [2.75, 3.05) is 14.2 Å². The molecular formula is C21H27NO5. The molecule has 0 heterocycles. The van der Waals surface area contributed by atoms with E-state index in [1.807, 2.05) is 32.9 Å². The number of esters is 1. The Morgan fingerprint density at radius 1 is 1.26 bits per heavy atom. The summed E-state index contributed by atoms with van der Waals surface area (Å²) < 4.78 is 10.2. The smallest absolute Gasteiger partial charge is 0.316 e. The Hall–Kier alpha value is -2.63. The van der Waals surface area contributed by atoms with Crippen LogP contribution in [0.4, 0.5) is 5.69 Å². The number of aliphatic hydroxyl groups is 1. The lowest BCUT2D eigenvalue weighted by molar-refractivity contribution is -0.149. The topological polar surface area (TPSA) is 85.2 Å². The molecule has 1 atom stereocenters. The molecule has 146 valence electrons. The van der Waals surface area contributed by atoms with Crippen LogP contribution in [0, 0.1) is 11.3 Å². The monoisotopic (exact) mass is 373 g/mol. The Kier molecular flexibility index (Phi) is 6.41. The average molecular weight is 373 g/mol. The quantitative estimate of drug-likeness (QED) is 0.757. The van der Waals surface area contributed by atoms with E-state index in [9.17, 15) is 14.7 Å². The Morgan fingerprint density at radius 3 is 2.52 bits per heavy atom. The molecule has 0 aromatic heterocycles. The number of benzene rings is 1. The zero-order valence-electron chi connectivity index (χ0n) is 16.5. The Balaban J connectivity index is 2.68. The van der Waals surface area contributed by atoms with Crippen molar-refractivity contribution in [1.82, 2.24) is 0 Å². The molecule has 0 saturated carbocycles. The van der Waals surface area contributed by atoms with Gasteiger partial charge in [-0.3, -0.25) is 9.59 Å². The Bertz CT molecular complexity index is 792. The number of rotatable bonds is 6. The molecule has 1 aromatic rings. The minimum Gasteiger partial charge on any atom is -0.511 e. The summed E-state index contributed by atoms with van der Waals surface area (Å²) >= 11 is 0. The third kappa shape index (κ3) is 4.21. The van der Waals surface area contributed by atoms with Gasteiger partial charge in [-0.2, -0.15) is 0 Å². The molecule has 0 aliphatic heterocycles. The van der Waals surface area contributed by atoms with E-state index < -0.39 is 17.3 Å². The first-order chi connectivity index (χ1) is 12.8. The van der Waals surface area contributed by atoms with Crippen molar-refractivity contribution in [2.45, 2.75) is 40.0 Å². The van der Waals surface area contributed by atoms with Gasteiger partial charge in [0, 0.05) is 6.42 Å². The van der Waals surface area contributed by atoms with Crippen LogP contribution >= 0.6 is 0 Å². The maximum Gasteiger partial charge on any atom is 0.316 e. The van der Waals surface area contributed by atoms with Crippen LogP contribution in [0.15, 0.2) is 40.6 Å². The molecule has 6 heteroatoms. The van der Waals surface area contributed by atoms with Crippen LogP contribution in [0.25, 0.3) is 0 Å². The molecule has 0 radical (unpaired) electrons. The summed E-state index contributed by atoms with van der Waals surface area (Å²) in [6.07, 6.45) is 1.24. The number of ketones is 1. The zero-order chi connectivity index (χ0) is 20.2. The zero-order valence-corrected chi connectivity index (χ0v) is 16.5. The van der Waals surface area contributed by atoms with E-state index in [-0.39, 0.29) is 23.5 Å². The largest absolute Gasteiger partial charge is 0.511 e. The number of carbonyl (C=O) groups is 2. The van der Waals surface area contributed by atoms with Gasteiger partial charge >= 0.3 is 5.97 Å². The predicted molar refractivity (Wildman–Crippen MR) is 104 cm³/mol. The summed E-state index contributed by atoms with van der Waals surface area (Å²) in [4.78, 5) is 29.7. The van der Waals surface area contributed by atoms with Crippen LogP contribution in [-0.2, 0) is 14.3 Å². The third-order valence-corrected chi connectivity index (χ3v) is 4.76. The van der Waals surface area contributed by atoms with E-state index in [0.29, 0.717) is 30.0 Å². The number of ether oxygens (including phenoxy) is 2. The predicted octanol–water partition coefficient (Wildman–Crippen LogP) is 4.17. The number of hydrogen-bond acceptors (Lipinski definition) is 6. The highest BCUT2D eigenvalue weighted by Gasteiger charge is 2.47. The van der Waals surface area contributed by atoms with Gasteiger partial charge in [0.25, 0.3) is 0 Å². The third-order valence-electron chi connectivity index (χ3n) is 4.76. The SMILES string of the molecule is CCCC(=O)C1=C(O)[C@H](C(=O)OC)C(C)(C)CC1=Nc1ccccc1OC. The first kappa shape index (κ1) is 20.7. The van der Waals surface area contributed by atoms with E-state index in [4.69, 9.17) is 9.47 Å². The van der Waals surface area contributed by atoms with Crippen LogP contribution in [0.3, 0.4) is 0 Å². The fraction of sp³-hybridized carbons (Fsp3) is 0.476. The fourth-order valence-electron chi connectivity index (χ4n) is 3.45. The summed E-state index contributed by atoms with van der Waals surface area (Å²) in [6, 6.07) is 7.22. The Labute approximate surface area is 159 Å². The summed E-state index contributed by atoms with van der Waals surface area (Å²) in [6.45, 7) is 5.59. The van der Waals surface area contributed by atoms with Crippen LogP contribution in [-0.4, -0.2) is 36.8 Å². The number of aliphatic hydroxyl groups excluding tert-OH is 1. The van der Waals surface area contributed by atoms with Gasteiger partial charge in [-0.25, -0.2) is 4.99 Å². The van der Waals surface area contributed by atoms with Crippen LogP contribution in [0.1, 0.15) is 40.0 Å². The second-order valence-electron chi connectivity index (χ2n) is 7.29. The van der Waals surface area contributed by atoms with Crippen molar-refractivity contribution in [3.05, 3.63) is 35.6 Å². The van der Waals surface area contributed by atoms with Crippen LogP contribution in [0.2, 0.25) is 0 Å². The van der Waals surface area contributed by atoms with Crippen molar-refractivity contribution >= 4 is 23.2 Å². The minimum absolute atomic E-state index is 0.123. The van der Waals surface area contributed by atoms with Crippen LogP contribution in [0.5, 0.6) is 5.75 Å². The average Bonchev–Trinajstić information content (AvgIpc) is 2.61. The summed E-state index contributed by atoms with van der Waals surface area (Å²) in [5.74, 6) is -1.39. The minimum atomic E-state index is -0.907. The maximum atomic E-state index is 12.7. The molecule has 6 nitrogen and oxygen atoms in total. The van der Waals surface area contributed by atoms with E-state index in [1.165, 1.54) is 7.11 Å². The highest BCUT2D eigenvalue weighted by atomic mass is 16.5. The van der Waals surface area contributed by atoms with Gasteiger partial charge in [0.05, 0.1) is 25.5 Å². The molecule has 27 heavy (non-hydrogen) atoms. The number of hydrogen-bond donors (Lipinski definition) is 1. The first-order valence-electron chi connectivity index (χ1n) is 9.01. The summed E-state index contributed by atoms with van der Waals surface area (Å²) in [5, 5.41) is 10.9. The van der Waals surface area contributed by atoms with E-state index in [2.05, 4.69) is 4.99 Å². The number of Topliss-reactive ketones (excluding diaryl/α,β-unsaturated/α-hetero) is 1. The van der Waals surface area contributed by atoms with E-state index >= 15 is 0 Å². The molecule has 0 amide bonds. The highest BCUT2D eigenvalue weighted by Crippen LogP contribution is 2.44. The van der Waals surface area contributed by atoms with E-state index in [1.54, 1.807) is 19.2 Å². The number of aliphatic imine (C=N–C) groups is 1. The lowest BCUT2D eigenvalue weighted by Gasteiger charge is -2.37. The molecule has 0 unspecified atom stereocenters. The van der Waals surface area contributed by atoms with E-state index in [0.717, 1.165) is 0 Å². The molecular weight excluding hydrogens is 346 g/mol. The number of carbonyl (C=O) groups excluding carboxylic acids is 2. The number of nitrogens with zero attached hydrogens (tertiary/aromatic N) is 1. The molecule has 0 fully saturated rings. The van der Waals surface area contributed by atoms with Gasteiger partial charge in [0.2, 0.25) is 0 Å². The van der Waals surface area contributed by atoms with Gasteiger partial charge in [0.15, 0.2) is 5.78 Å². The lowest BCUT2D eigenvalue weighted by Crippen LogP contribution is -2.41. The van der Waals surface area contributed by atoms with Crippen LogP contribution < -0.4 is 4.74 Å². The van der Waals surface area contributed by atoms with Gasteiger partial charge in [-0.1, -0.05) is 32.9 Å². The van der Waals surface area contributed by atoms with Gasteiger partial charge in [-0.15, -0.1) is 0 Å². The standard InChI is InChI=1S/C21H27NO5/c1-6-9-15(23)17-14(22-13-10-7-8-11-16(13)26-4)12-21(2,3)18(19(17)24)20(25)27-5/h7-8,10-11,18,24H,6,9,12H2,1-5H3/t18-/m1/s1. The van der Waals surface area contributed by atoms with Crippen molar-refractivity contribution in [3.63, 3.8) is 0 Å². The highest BCUT2D eigenvalue weighted by molar-refractivity contribution is 6.24. The second-order valence-corrected chi connectivity index (χ2v) is 7.29. The molecule has 1 N–H and O–H groups in total.